The summed E-state index contributed by atoms with van der Waals surface area (Å²) in [5, 5.41) is 11.3. The van der Waals surface area contributed by atoms with E-state index in [2.05, 4.69) is 39.8 Å². The second kappa shape index (κ2) is 4.24. The maximum absolute atomic E-state index is 11.3. The van der Waals surface area contributed by atoms with Gasteiger partial charge < -0.3 is 9.84 Å². The highest BCUT2D eigenvalue weighted by Gasteiger charge is 2.47. The van der Waals surface area contributed by atoms with Crippen LogP contribution < -0.4 is 4.74 Å². The van der Waals surface area contributed by atoms with Crippen molar-refractivity contribution in [1.82, 2.24) is 0 Å². The van der Waals surface area contributed by atoms with E-state index in [1.54, 1.807) is 0 Å². The molecular formula is C18H26O2. The normalized spacial score (nSPS) is 25.9. The van der Waals surface area contributed by atoms with Gasteiger partial charge in [-0.2, -0.15) is 0 Å². The van der Waals surface area contributed by atoms with Crippen molar-refractivity contribution in [3.8, 4) is 5.75 Å². The molecule has 1 aliphatic carbocycles. The molecule has 0 aromatic heterocycles. The van der Waals surface area contributed by atoms with E-state index >= 15 is 0 Å². The number of aliphatic hydroxyl groups is 1. The zero-order valence-electron chi connectivity index (χ0n) is 13.1. The van der Waals surface area contributed by atoms with Gasteiger partial charge in [-0.3, -0.25) is 0 Å². The number of ether oxygens (including phenoxy) is 1. The fourth-order valence-corrected chi connectivity index (χ4v) is 4.75. The van der Waals surface area contributed by atoms with Crippen LogP contribution in [-0.4, -0.2) is 11.7 Å². The third kappa shape index (κ3) is 2.46. The first-order chi connectivity index (χ1) is 9.19. The summed E-state index contributed by atoms with van der Waals surface area (Å²) in [5.74, 6) is 0.992. The van der Waals surface area contributed by atoms with Crippen LogP contribution in [0, 0.1) is 10.8 Å². The Hall–Kier alpha value is -1.02. The van der Waals surface area contributed by atoms with Crippen molar-refractivity contribution in [1.29, 1.82) is 0 Å². The van der Waals surface area contributed by atoms with E-state index in [-0.39, 0.29) is 10.8 Å². The van der Waals surface area contributed by atoms with Crippen molar-refractivity contribution in [2.75, 3.05) is 6.61 Å². The van der Waals surface area contributed by atoms with E-state index in [9.17, 15) is 5.11 Å². The minimum Gasteiger partial charge on any atom is -0.493 e. The molecule has 20 heavy (non-hydrogen) atoms. The average Bonchev–Trinajstić information content (AvgIpc) is 2.70. The second-order valence-electron chi connectivity index (χ2n) is 8.31. The topological polar surface area (TPSA) is 29.5 Å². The Morgan fingerprint density at radius 1 is 1.00 bits per heavy atom. The zero-order valence-corrected chi connectivity index (χ0v) is 13.1. The summed E-state index contributed by atoms with van der Waals surface area (Å²) in [6, 6.07) is 6.26. The molecule has 0 unspecified atom stereocenters. The van der Waals surface area contributed by atoms with Gasteiger partial charge in [-0.25, -0.2) is 0 Å². The lowest BCUT2D eigenvalue weighted by molar-refractivity contribution is -0.0913. The molecule has 1 aliphatic heterocycles. The first kappa shape index (κ1) is 13.9. The minimum absolute atomic E-state index is 0.173. The molecule has 0 radical (unpaired) electrons. The molecule has 110 valence electrons. The molecule has 3 rings (SSSR count). The lowest BCUT2D eigenvalue weighted by Crippen LogP contribution is -2.44. The van der Waals surface area contributed by atoms with Gasteiger partial charge in [0, 0.05) is 6.42 Å². The summed E-state index contributed by atoms with van der Waals surface area (Å²) in [4.78, 5) is 0. The Balaban J connectivity index is 1.99. The Labute approximate surface area is 122 Å². The lowest BCUT2D eigenvalue weighted by atomic mass is 9.58. The van der Waals surface area contributed by atoms with E-state index < -0.39 is 5.60 Å². The van der Waals surface area contributed by atoms with Gasteiger partial charge in [-0.1, -0.05) is 33.8 Å². The lowest BCUT2D eigenvalue weighted by Gasteiger charge is -2.49. The zero-order chi connectivity index (χ0) is 14.6. The Morgan fingerprint density at radius 2 is 1.65 bits per heavy atom. The highest BCUT2D eigenvalue weighted by Crippen LogP contribution is 2.54. The average molecular weight is 274 g/mol. The van der Waals surface area contributed by atoms with E-state index in [0.717, 1.165) is 43.6 Å². The molecule has 2 heteroatoms. The number of rotatable bonds is 1. The molecule has 0 amide bonds. The van der Waals surface area contributed by atoms with Gasteiger partial charge in [0.1, 0.15) is 5.75 Å². The van der Waals surface area contributed by atoms with E-state index in [0.29, 0.717) is 0 Å². The van der Waals surface area contributed by atoms with Crippen molar-refractivity contribution in [3.05, 3.63) is 29.3 Å². The standard InChI is InChI=1S/C18H26O2/c1-16(2)10-17(3,4)12-18(19,11-16)14-5-6-15-13(9-14)7-8-20-15/h5-6,9,19H,7-8,10-12H2,1-4H3. The van der Waals surface area contributed by atoms with Gasteiger partial charge in [-0.15, -0.1) is 0 Å². The summed E-state index contributed by atoms with van der Waals surface area (Å²) >= 11 is 0. The molecule has 1 N–H and O–H groups in total. The molecule has 0 saturated heterocycles. The predicted octanol–water partition coefficient (Wildman–Crippen LogP) is 4.05. The summed E-state index contributed by atoms with van der Waals surface area (Å²) in [6.07, 6.45) is 3.80. The van der Waals surface area contributed by atoms with Gasteiger partial charge in [0.15, 0.2) is 0 Å². The molecule has 1 fully saturated rings. The highest BCUT2D eigenvalue weighted by molar-refractivity contribution is 5.42. The number of hydrogen-bond donors (Lipinski definition) is 1. The van der Waals surface area contributed by atoms with Crippen molar-refractivity contribution in [2.24, 2.45) is 10.8 Å². The fraction of sp³-hybridized carbons (Fsp3) is 0.667. The van der Waals surface area contributed by atoms with Crippen molar-refractivity contribution in [2.45, 2.75) is 59.0 Å². The van der Waals surface area contributed by atoms with Crippen molar-refractivity contribution >= 4 is 0 Å². The van der Waals surface area contributed by atoms with Crippen LogP contribution in [0.2, 0.25) is 0 Å². The Kier molecular flexibility index (Phi) is 2.95. The third-order valence-electron chi connectivity index (χ3n) is 4.73. The number of fused-ring (bicyclic) bond motifs is 1. The van der Waals surface area contributed by atoms with Crippen molar-refractivity contribution < 1.29 is 9.84 Å². The van der Waals surface area contributed by atoms with Crippen LogP contribution in [0.3, 0.4) is 0 Å². The first-order valence-electron chi connectivity index (χ1n) is 7.68. The summed E-state index contributed by atoms with van der Waals surface area (Å²) < 4.78 is 5.57. The van der Waals surface area contributed by atoms with Crippen LogP contribution in [0.5, 0.6) is 5.75 Å². The SMILES string of the molecule is CC1(C)CC(C)(C)CC(O)(c2ccc3c(c2)CCO3)C1. The van der Waals surface area contributed by atoms with E-state index in [1.165, 1.54) is 5.56 Å². The third-order valence-corrected chi connectivity index (χ3v) is 4.73. The van der Waals surface area contributed by atoms with Crippen LogP contribution in [0.4, 0.5) is 0 Å². The first-order valence-corrected chi connectivity index (χ1v) is 7.68. The van der Waals surface area contributed by atoms with Crippen LogP contribution >= 0.6 is 0 Å². The number of hydrogen-bond acceptors (Lipinski definition) is 2. The van der Waals surface area contributed by atoms with Crippen LogP contribution in [0.25, 0.3) is 0 Å². The molecule has 1 saturated carbocycles. The molecular weight excluding hydrogens is 248 g/mol. The fourth-order valence-electron chi connectivity index (χ4n) is 4.75. The van der Waals surface area contributed by atoms with E-state index in [4.69, 9.17) is 4.74 Å². The quantitative estimate of drug-likeness (QED) is 0.837. The number of benzene rings is 1. The molecule has 2 nitrogen and oxygen atoms in total. The van der Waals surface area contributed by atoms with Gasteiger partial charge in [0.25, 0.3) is 0 Å². The monoisotopic (exact) mass is 274 g/mol. The smallest absolute Gasteiger partial charge is 0.122 e. The summed E-state index contributed by atoms with van der Waals surface area (Å²) in [6.45, 7) is 9.86. The minimum atomic E-state index is -0.705. The van der Waals surface area contributed by atoms with Crippen molar-refractivity contribution in [3.63, 3.8) is 0 Å². The van der Waals surface area contributed by atoms with Gasteiger partial charge >= 0.3 is 0 Å². The molecule has 0 bridgehead atoms. The summed E-state index contributed by atoms with van der Waals surface area (Å²) in [7, 11) is 0. The van der Waals surface area contributed by atoms with Crippen LogP contribution in [0.1, 0.15) is 58.1 Å². The second-order valence-corrected chi connectivity index (χ2v) is 8.31. The van der Waals surface area contributed by atoms with Gasteiger partial charge in [0.2, 0.25) is 0 Å². The Morgan fingerprint density at radius 3 is 2.30 bits per heavy atom. The van der Waals surface area contributed by atoms with Crippen LogP contribution in [-0.2, 0) is 12.0 Å². The Bertz CT molecular complexity index is 512. The maximum atomic E-state index is 11.3. The highest BCUT2D eigenvalue weighted by atomic mass is 16.5. The molecule has 0 spiro atoms. The molecule has 2 aliphatic rings. The molecule has 0 atom stereocenters. The van der Waals surface area contributed by atoms with Gasteiger partial charge in [0.05, 0.1) is 12.2 Å². The molecule has 1 heterocycles. The molecule has 1 aromatic rings. The largest absolute Gasteiger partial charge is 0.493 e. The summed E-state index contributed by atoms with van der Waals surface area (Å²) in [5.41, 5.74) is 1.96. The maximum Gasteiger partial charge on any atom is 0.122 e. The van der Waals surface area contributed by atoms with Crippen LogP contribution in [0.15, 0.2) is 18.2 Å². The van der Waals surface area contributed by atoms with E-state index in [1.807, 2.05) is 6.07 Å². The van der Waals surface area contributed by atoms with Gasteiger partial charge in [-0.05, 0) is 53.4 Å². The predicted molar refractivity (Wildman–Crippen MR) is 81.0 cm³/mol. The molecule has 1 aromatic carbocycles.